The summed E-state index contributed by atoms with van der Waals surface area (Å²) in [6.45, 7) is 0. The molecule has 1 aromatic heterocycles. The van der Waals surface area contributed by atoms with E-state index in [2.05, 4.69) is 31.9 Å². The zero-order chi connectivity index (χ0) is 17.5. The fourth-order valence-corrected chi connectivity index (χ4v) is 4.53. The first-order valence-electron chi connectivity index (χ1n) is 6.81. The molecule has 0 aliphatic carbocycles. The number of sulfone groups is 1. The van der Waals surface area contributed by atoms with Crippen LogP contribution in [0, 0.1) is 0 Å². The number of benzene rings is 2. The molecule has 0 N–H and O–H groups in total. The first-order valence-corrected chi connectivity index (χ1v) is 10.7. The summed E-state index contributed by atoms with van der Waals surface area (Å²) in [7, 11) is -3.23. The molecule has 7 heteroatoms. The van der Waals surface area contributed by atoms with Crippen LogP contribution in [-0.2, 0) is 9.84 Å². The van der Waals surface area contributed by atoms with E-state index in [4.69, 9.17) is 16.0 Å². The molecule has 0 saturated carbocycles. The second kappa shape index (κ2) is 6.67. The minimum absolute atomic E-state index is 0.276. The van der Waals surface area contributed by atoms with Crippen molar-refractivity contribution in [1.82, 2.24) is 0 Å². The third kappa shape index (κ3) is 3.47. The van der Waals surface area contributed by atoms with Gasteiger partial charge in [-0.1, -0.05) is 35.9 Å². The molecule has 0 spiro atoms. The third-order valence-corrected chi connectivity index (χ3v) is 6.02. The molecule has 3 nitrogen and oxygen atoms in total. The quantitative estimate of drug-likeness (QED) is 0.440. The van der Waals surface area contributed by atoms with Crippen LogP contribution in [0.5, 0.6) is 0 Å². The smallest absolute Gasteiger partial charge is 0.179 e. The Morgan fingerprint density at radius 2 is 1.25 bits per heavy atom. The SMILES string of the molecule is CS(=O)(=O)c1ccc(-c2c(Br)oc(Br)c2-c2ccc(Cl)cc2)cc1. The number of hydrogen-bond acceptors (Lipinski definition) is 3. The molecule has 2 aromatic carbocycles. The van der Waals surface area contributed by atoms with Crippen molar-refractivity contribution in [2.24, 2.45) is 0 Å². The molecule has 0 atom stereocenters. The number of halogens is 3. The zero-order valence-electron chi connectivity index (χ0n) is 12.4. The maximum atomic E-state index is 11.6. The fourth-order valence-electron chi connectivity index (χ4n) is 2.38. The second-order valence-corrected chi connectivity index (χ2v) is 9.10. The molecule has 0 bridgehead atoms. The van der Waals surface area contributed by atoms with Crippen LogP contribution in [0.2, 0.25) is 5.02 Å². The summed E-state index contributed by atoms with van der Waals surface area (Å²) in [6, 6.07) is 14.1. The Kier molecular flexibility index (Phi) is 4.93. The summed E-state index contributed by atoms with van der Waals surface area (Å²) in [5.74, 6) is 0. The summed E-state index contributed by atoms with van der Waals surface area (Å²) in [5.41, 5.74) is 3.48. The maximum absolute atomic E-state index is 11.6. The minimum atomic E-state index is -3.23. The first-order chi connectivity index (χ1) is 11.3. The summed E-state index contributed by atoms with van der Waals surface area (Å²) in [4.78, 5) is 0.276. The van der Waals surface area contributed by atoms with Crippen molar-refractivity contribution in [2.45, 2.75) is 4.90 Å². The summed E-state index contributed by atoms with van der Waals surface area (Å²) in [5, 5.41) is 0.650. The number of hydrogen-bond donors (Lipinski definition) is 0. The van der Waals surface area contributed by atoms with Crippen molar-refractivity contribution in [3.63, 3.8) is 0 Å². The number of rotatable bonds is 3. The largest absolute Gasteiger partial charge is 0.441 e. The average Bonchev–Trinajstić information content (AvgIpc) is 2.82. The molecule has 0 saturated heterocycles. The molecule has 0 radical (unpaired) electrons. The van der Waals surface area contributed by atoms with Gasteiger partial charge >= 0.3 is 0 Å². The van der Waals surface area contributed by atoms with Gasteiger partial charge in [-0.15, -0.1) is 0 Å². The van der Waals surface area contributed by atoms with Gasteiger partial charge in [-0.2, -0.15) is 0 Å². The lowest BCUT2D eigenvalue weighted by Crippen LogP contribution is -1.96. The van der Waals surface area contributed by atoms with E-state index in [-0.39, 0.29) is 4.90 Å². The predicted octanol–water partition coefficient (Wildman–Crippen LogP) is 6.20. The molecule has 3 aromatic rings. The summed E-state index contributed by atoms with van der Waals surface area (Å²) >= 11 is 12.8. The van der Waals surface area contributed by atoms with Gasteiger partial charge in [0.2, 0.25) is 0 Å². The van der Waals surface area contributed by atoms with Crippen molar-refractivity contribution in [3.05, 3.63) is 62.9 Å². The van der Waals surface area contributed by atoms with Gasteiger partial charge in [-0.05, 0) is 67.3 Å². The van der Waals surface area contributed by atoms with Gasteiger partial charge in [-0.25, -0.2) is 8.42 Å². The van der Waals surface area contributed by atoms with Gasteiger partial charge in [0.15, 0.2) is 19.2 Å². The van der Waals surface area contributed by atoms with Crippen LogP contribution >= 0.6 is 43.5 Å². The summed E-state index contributed by atoms with van der Waals surface area (Å²) in [6.07, 6.45) is 1.19. The van der Waals surface area contributed by atoms with E-state index < -0.39 is 9.84 Å². The molecule has 0 aliphatic heterocycles. The Morgan fingerprint density at radius 3 is 1.67 bits per heavy atom. The zero-order valence-corrected chi connectivity index (χ0v) is 17.1. The van der Waals surface area contributed by atoms with Crippen LogP contribution in [0.3, 0.4) is 0 Å². The molecular formula is C17H11Br2ClO3S. The van der Waals surface area contributed by atoms with Crippen LogP contribution in [0.25, 0.3) is 22.3 Å². The molecule has 0 aliphatic rings. The van der Waals surface area contributed by atoms with Gasteiger partial charge in [0, 0.05) is 22.4 Å². The highest BCUT2D eigenvalue weighted by Crippen LogP contribution is 2.45. The van der Waals surface area contributed by atoms with E-state index in [0.717, 1.165) is 22.3 Å². The third-order valence-electron chi connectivity index (χ3n) is 3.53. The van der Waals surface area contributed by atoms with Crippen molar-refractivity contribution in [1.29, 1.82) is 0 Å². The van der Waals surface area contributed by atoms with Crippen molar-refractivity contribution >= 4 is 53.3 Å². The van der Waals surface area contributed by atoms with Crippen molar-refractivity contribution in [3.8, 4) is 22.3 Å². The van der Waals surface area contributed by atoms with E-state index in [9.17, 15) is 8.42 Å². The molecule has 0 unspecified atom stereocenters. The normalized spacial score (nSPS) is 11.7. The number of furan rings is 1. The topological polar surface area (TPSA) is 47.3 Å². The van der Waals surface area contributed by atoms with Gasteiger partial charge in [0.25, 0.3) is 0 Å². The Morgan fingerprint density at radius 1 is 0.833 bits per heavy atom. The van der Waals surface area contributed by atoms with Crippen LogP contribution in [0.15, 0.2) is 67.2 Å². The first kappa shape index (κ1) is 17.7. The van der Waals surface area contributed by atoms with Gasteiger partial charge in [-0.3, -0.25) is 0 Å². The van der Waals surface area contributed by atoms with E-state index in [1.54, 1.807) is 36.4 Å². The van der Waals surface area contributed by atoms with Gasteiger partial charge < -0.3 is 4.42 Å². The monoisotopic (exact) mass is 488 g/mol. The van der Waals surface area contributed by atoms with Gasteiger partial charge in [0.1, 0.15) is 0 Å². The Labute approximate surface area is 161 Å². The highest BCUT2D eigenvalue weighted by molar-refractivity contribution is 9.11. The maximum Gasteiger partial charge on any atom is 0.179 e. The Balaban J connectivity index is 2.17. The van der Waals surface area contributed by atoms with Crippen LogP contribution in [-0.4, -0.2) is 14.7 Å². The second-order valence-electron chi connectivity index (χ2n) is 5.20. The van der Waals surface area contributed by atoms with Crippen molar-refractivity contribution < 1.29 is 12.8 Å². The lowest BCUT2D eigenvalue weighted by Gasteiger charge is -2.06. The van der Waals surface area contributed by atoms with Crippen LogP contribution < -0.4 is 0 Å². The molecular weight excluding hydrogens is 480 g/mol. The molecule has 0 fully saturated rings. The van der Waals surface area contributed by atoms with Gasteiger partial charge in [0.05, 0.1) is 4.90 Å². The fraction of sp³-hybridized carbons (Fsp3) is 0.0588. The van der Waals surface area contributed by atoms with Crippen molar-refractivity contribution in [2.75, 3.05) is 6.26 Å². The van der Waals surface area contributed by atoms with Crippen LogP contribution in [0.4, 0.5) is 0 Å². The lowest BCUT2D eigenvalue weighted by molar-refractivity contribution is 0.518. The molecule has 24 heavy (non-hydrogen) atoms. The Hall–Kier alpha value is -1.08. The predicted molar refractivity (Wildman–Crippen MR) is 103 cm³/mol. The molecule has 0 amide bonds. The van der Waals surface area contributed by atoms with E-state index in [0.29, 0.717) is 14.4 Å². The molecule has 1 heterocycles. The van der Waals surface area contributed by atoms with E-state index in [1.165, 1.54) is 6.26 Å². The lowest BCUT2D eigenvalue weighted by atomic mass is 9.99. The highest BCUT2D eigenvalue weighted by atomic mass is 79.9. The summed E-state index contributed by atoms with van der Waals surface area (Å²) < 4.78 is 30.1. The van der Waals surface area contributed by atoms with E-state index in [1.807, 2.05) is 12.1 Å². The molecule has 124 valence electrons. The average molecular weight is 491 g/mol. The minimum Gasteiger partial charge on any atom is -0.441 e. The van der Waals surface area contributed by atoms with Crippen LogP contribution in [0.1, 0.15) is 0 Å². The standard InChI is InChI=1S/C17H11Br2ClO3S/c1-24(21,22)13-8-4-11(5-9-13)15-14(16(18)23-17(15)19)10-2-6-12(20)7-3-10/h2-9H,1H3. The molecule has 3 rings (SSSR count). The van der Waals surface area contributed by atoms with E-state index >= 15 is 0 Å². The highest BCUT2D eigenvalue weighted by Gasteiger charge is 2.20. The Bertz CT molecular complexity index is 992.